The van der Waals surface area contributed by atoms with Crippen molar-refractivity contribution in [3.63, 3.8) is 0 Å². The fourth-order valence-electron chi connectivity index (χ4n) is 3.73. The van der Waals surface area contributed by atoms with E-state index in [-0.39, 0.29) is 11.7 Å². The minimum Gasteiger partial charge on any atom is -0.497 e. The maximum Gasteiger partial charge on any atom is 0.269 e. The maximum atomic E-state index is 11.0. The number of benzene rings is 3. The van der Waals surface area contributed by atoms with Gasteiger partial charge in [0.25, 0.3) is 5.69 Å². The van der Waals surface area contributed by atoms with Crippen LogP contribution in [-0.4, -0.2) is 22.8 Å². The van der Waals surface area contributed by atoms with Crippen LogP contribution in [0, 0.1) is 21.4 Å². The molecule has 0 fully saturated rings. The van der Waals surface area contributed by atoms with Gasteiger partial charge in [-0.1, -0.05) is 30.3 Å². The summed E-state index contributed by atoms with van der Waals surface area (Å²) in [4.78, 5) is 10.5. The zero-order valence-electron chi connectivity index (χ0n) is 16.9. The van der Waals surface area contributed by atoms with Gasteiger partial charge in [0.1, 0.15) is 5.75 Å². The molecule has 2 unspecified atom stereocenters. The van der Waals surface area contributed by atoms with Crippen molar-refractivity contribution < 1.29 is 9.66 Å². The van der Waals surface area contributed by atoms with E-state index in [0.717, 1.165) is 22.6 Å². The van der Waals surface area contributed by atoms with Crippen molar-refractivity contribution in [3.05, 3.63) is 106 Å². The monoisotopic (exact) mass is 412 g/mol. The number of ether oxygens (including phenoxy) is 1. The van der Waals surface area contributed by atoms with E-state index in [2.05, 4.69) is 6.07 Å². The van der Waals surface area contributed by atoms with Crippen LogP contribution in [0.3, 0.4) is 0 Å². The lowest BCUT2D eigenvalue weighted by Gasteiger charge is -2.28. The highest BCUT2D eigenvalue weighted by Crippen LogP contribution is 2.39. The highest BCUT2D eigenvalue weighted by atomic mass is 16.6. The Hall–Kier alpha value is -4.18. The van der Waals surface area contributed by atoms with E-state index >= 15 is 0 Å². The molecule has 0 saturated carbocycles. The molecule has 7 heteroatoms. The number of hydrogen-bond donors (Lipinski definition) is 0. The minimum absolute atomic E-state index is 0.0103. The van der Waals surface area contributed by atoms with Crippen molar-refractivity contribution in [1.82, 2.24) is 5.01 Å². The molecule has 7 nitrogen and oxygen atoms in total. The molecule has 1 aliphatic heterocycles. The molecule has 1 heterocycles. The predicted molar refractivity (Wildman–Crippen MR) is 117 cm³/mol. The van der Waals surface area contributed by atoms with Gasteiger partial charge in [0.05, 0.1) is 29.9 Å². The number of methoxy groups -OCH3 is 1. The van der Waals surface area contributed by atoms with Gasteiger partial charge in [-0.05, 0) is 53.1 Å². The lowest BCUT2D eigenvalue weighted by molar-refractivity contribution is -0.384. The van der Waals surface area contributed by atoms with Crippen LogP contribution >= 0.6 is 0 Å². The molecule has 0 bridgehead atoms. The van der Waals surface area contributed by atoms with E-state index in [9.17, 15) is 15.4 Å². The average Bonchev–Trinajstić information content (AvgIpc) is 3.25. The van der Waals surface area contributed by atoms with Gasteiger partial charge in [0, 0.05) is 18.6 Å². The molecule has 4 rings (SSSR count). The molecular weight excluding hydrogens is 392 g/mol. The SMILES string of the molecule is COc1ccc(C2=NN(C(C#N)c3ccc([N+](=O)[O-])cc3)C(c3ccccc3)C2)cc1. The number of nitro benzene ring substituents is 1. The fraction of sp³-hybridized carbons (Fsp3) is 0.167. The molecule has 0 N–H and O–H groups in total. The van der Waals surface area contributed by atoms with Crippen LogP contribution in [-0.2, 0) is 0 Å². The van der Waals surface area contributed by atoms with Crippen LogP contribution in [0.2, 0.25) is 0 Å². The number of rotatable bonds is 6. The largest absolute Gasteiger partial charge is 0.497 e. The smallest absolute Gasteiger partial charge is 0.269 e. The summed E-state index contributed by atoms with van der Waals surface area (Å²) in [7, 11) is 1.62. The second-order valence-electron chi connectivity index (χ2n) is 7.17. The summed E-state index contributed by atoms with van der Waals surface area (Å²) in [6.07, 6.45) is 0.640. The Labute approximate surface area is 180 Å². The van der Waals surface area contributed by atoms with Crippen molar-refractivity contribution >= 4 is 11.4 Å². The molecule has 3 aromatic rings. The fourth-order valence-corrected chi connectivity index (χ4v) is 3.73. The van der Waals surface area contributed by atoms with Crippen LogP contribution < -0.4 is 4.74 Å². The predicted octanol–water partition coefficient (Wildman–Crippen LogP) is 5.02. The molecule has 0 spiro atoms. The van der Waals surface area contributed by atoms with Crippen molar-refractivity contribution in [2.45, 2.75) is 18.5 Å². The molecule has 0 aromatic heterocycles. The van der Waals surface area contributed by atoms with E-state index < -0.39 is 11.0 Å². The average molecular weight is 412 g/mol. The second kappa shape index (κ2) is 8.67. The quantitative estimate of drug-likeness (QED) is 0.419. The Kier molecular flexibility index (Phi) is 5.63. The van der Waals surface area contributed by atoms with Crippen LogP contribution in [0.15, 0.2) is 84.0 Å². The lowest BCUT2D eigenvalue weighted by atomic mass is 9.97. The van der Waals surface area contributed by atoms with Gasteiger partial charge >= 0.3 is 0 Å². The summed E-state index contributed by atoms with van der Waals surface area (Å²) in [5, 5.41) is 27.6. The normalized spacial score (nSPS) is 16.3. The summed E-state index contributed by atoms with van der Waals surface area (Å²) in [6, 6.07) is 25.2. The first-order valence-corrected chi connectivity index (χ1v) is 9.80. The molecule has 0 saturated heterocycles. The second-order valence-corrected chi connectivity index (χ2v) is 7.17. The molecule has 0 radical (unpaired) electrons. The van der Waals surface area contributed by atoms with E-state index in [1.54, 1.807) is 24.3 Å². The first kappa shape index (κ1) is 20.1. The molecular formula is C24H20N4O3. The number of hydrazone groups is 1. The standard InChI is InChI=1S/C24H20N4O3/c1-31-21-13-9-17(10-14-21)22-15-23(18-5-3-2-4-6-18)27(26-22)24(16-25)19-7-11-20(12-8-19)28(29)30/h2-14,23-24H,15H2,1H3. The lowest BCUT2D eigenvalue weighted by Crippen LogP contribution is -2.24. The zero-order valence-corrected chi connectivity index (χ0v) is 16.9. The first-order valence-electron chi connectivity index (χ1n) is 9.80. The van der Waals surface area contributed by atoms with Crippen LogP contribution in [0.4, 0.5) is 5.69 Å². The van der Waals surface area contributed by atoms with Crippen molar-refractivity contribution in [2.75, 3.05) is 7.11 Å². The van der Waals surface area contributed by atoms with Crippen LogP contribution in [0.5, 0.6) is 5.75 Å². The molecule has 31 heavy (non-hydrogen) atoms. The molecule has 154 valence electrons. The number of nitriles is 1. The Morgan fingerprint density at radius 3 is 2.35 bits per heavy atom. The van der Waals surface area contributed by atoms with Gasteiger partial charge in [-0.2, -0.15) is 10.4 Å². The van der Waals surface area contributed by atoms with E-state index in [1.165, 1.54) is 12.1 Å². The summed E-state index contributed by atoms with van der Waals surface area (Å²) in [5.41, 5.74) is 3.54. The van der Waals surface area contributed by atoms with Gasteiger partial charge in [-0.3, -0.25) is 15.1 Å². The van der Waals surface area contributed by atoms with Gasteiger partial charge in [-0.25, -0.2) is 0 Å². The number of hydrogen-bond acceptors (Lipinski definition) is 6. The zero-order chi connectivity index (χ0) is 21.8. The summed E-state index contributed by atoms with van der Waals surface area (Å²) in [6.45, 7) is 0. The Balaban J connectivity index is 1.72. The molecule has 0 amide bonds. The highest BCUT2D eigenvalue weighted by Gasteiger charge is 2.34. The highest BCUT2D eigenvalue weighted by molar-refractivity contribution is 6.02. The third-order valence-electron chi connectivity index (χ3n) is 5.36. The van der Waals surface area contributed by atoms with E-state index in [1.807, 2.05) is 54.6 Å². The van der Waals surface area contributed by atoms with Crippen molar-refractivity contribution in [1.29, 1.82) is 5.26 Å². The third kappa shape index (κ3) is 4.09. The topological polar surface area (TPSA) is 91.8 Å². The van der Waals surface area contributed by atoms with Crippen molar-refractivity contribution in [3.8, 4) is 11.8 Å². The summed E-state index contributed by atoms with van der Waals surface area (Å²) >= 11 is 0. The van der Waals surface area contributed by atoms with Gasteiger partial charge in [0.2, 0.25) is 0 Å². The van der Waals surface area contributed by atoms with E-state index in [4.69, 9.17) is 9.84 Å². The number of non-ortho nitro benzene ring substituents is 1. The van der Waals surface area contributed by atoms with Crippen LogP contribution in [0.1, 0.15) is 35.2 Å². The maximum absolute atomic E-state index is 11.0. The van der Waals surface area contributed by atoms with Gasteiger partial charge in [-0.15, -0.1) is 0 Å². The van der Waals surface area contributed by atoms with Gasteiger partial charge < -0.3 is 4.74 Å². The molecule has 2 atom stereocenters. The first-order chi connectivity index (χ1) is 15.1. The van der Waals surface area contributed by atoms with Crippen molar-refractivity contribution in [2.24, 2.45) is 5.10 Å². The molecule has 3 aromatic carbocycles. The Morgan fingerprint density at radius 1 is 1.10 bits per heavy atom. The Bertz CT molecular complexity index is 1140. The molecule has 1 aliphatic rings. The third-order valence-corrected chi connectivity index (χ3v) is 5.36. The minimum atomic E-state index is -0.679. The number of nitrogens with zero attached hydrogens (tertiary/aromatic N) is 4. The summed E-state index contributed by atoms with van der Waals surface area (Å²) < 4.78 is 5.24. The summed E-state index contributed by atoms with van der Waals surface area (Å²) in [5.74, 6) is 0.764. The number of nitro groups is 1. The van der Waals surface area contributed by atoms with Crippen LogP contribution in [0.25, 0.3) is 0 Å². The van der Waals surface area contributed by atoms with E-state index in [0.29, 0.717) is 12.0 Å². The van der Waals surface area contributed by atoms with Gasteiger partial charge in [0.15, 0.2) is 6.04 Å². The Morgan fingerprint density at radius 2 is 1.77 bits per heavy atom. The molecule has 0 aliphatic carbocycles.